The summed E-state index contributed by atoms with van der Waals surface area (Å²) in [5.74, 6) is -2.69. The lowest BCUT2D eigenvalue weighted by atomic mass is 9.71. The molecular formula is C9H20BN2O6-. The Hall–Kier alpha value is -1.16. The fourth-order valence-electron chi connectivity index (χ4n) is 1.21. The first-order chi connectivity index (χ1) is 8.14. The molecule has 0 unspecified atom stereocenters. The number of nitrogens with one attached hydrogen (secondary N) is 1. The van der Waals surface area contributed by atoms with Gasteiger partial charge in [0.25, 0.3) is 0 Å². The summed E-state index contributed by atoms with van der Waals surface area (Å²) < 4.78 is 0. The molecule has 9 heteroatoms. The normalized spacial score (nSPS) is 14.9. The molecule has 0 fully saturated rings. The van der Waals surface area contributed by atoms with Crippen molar-refractivity contribution in [3.8, 4) is 0 Å². The van der Waals surface area contributed by atoms with Gasteiger partial charge in [-0.1, -0.05) is 13.3 Å². The number of rotatable bonds is 8. The standard InChI is InChI=1S/C9H20BN2O6/c1-6(10(16,17)18)12-8(13)5-3-2-4-7(11)9(14)15/h6-7,16-18H,2-5,11H2,1H3,(H,12,13)(H,14,15)/q-1/t6-,7-/m1/s1. The number of unbranched alkanes of at least 4 members (excludes halogenated alkanes) is 1. The van der Waals surface area contributed by atoms with E-state index in [0.29, 0.717) is 12.8 Å². The van der Waals surface area contributed by atoms with Crippen LogP contribution in [0.2, 0.25) is 0 Å². The van der Waals surface area contributed by atoms with Crippen LogP contribution < -0.4 is 11.1 Å². The molecule has 0 bridgehead atoms. The van der Waals surface area contributed by atoms with Gasteiger partial charge in [0.1, 0.15) is 6.04 Å². The van der Waals surface area contributed by atoms with Crippen LogP contribution in [0, 0.1) is 0 Å². The minimum absolute atomic E-state index is 0.100. The second kappa shape index (κ2) is 7.32. The van der Waals surface area contributed by atoms with Crippen LogP contribution in [-0.4, -0.2) is 50.8 Å². The Balaban J connectivity index is 3.76. The quantitative estimate of drug-likeness (QED) is 0.217. The third kappa shape index (κ3) is 7.23. The van der Waals surface area contributed by atoms with E-state index in [1.165, 1.54) is 6.92 Å². The zero-order chi connectivity index (χ0) is 14.3. The Morgan fingerprint density at radius 3 is 2.28 bits per heavy atom. The van der Waals surface area contributed by atoms with Crippen molar-refractivity contribution < 1.29 is 29.8 Å². The maximum atomic E-state index is 11.3. The maximum absolute atomic E-state index is 11.3. The van der Waals surface area contributed by atoms with Gasteiger partial charge in [-0.15, -0.1) is 0 Å². The molecule has 0 spiro atoms. The highest BCUT2D eigenvalue weighted by atomic mass is 16.5. The highest BCUT2D eigenvalue weighted by Gasteiger charge is 2.25. The number of carboxylic acid groups (broad SMARTS) is 1. The summed E-state index contributed by atoms with van der Waals surface area (Å²) >= 11 is 0. The summed E-state index contributed by atoms with van der Waals surface area (Å²) in [7, 11) is 0. The number of hydrogen-bond donors (Lipinski definition) is 6. The van der Waals surface area contributed by atoms with E-state index in [2.05, 4.69) is 5.32 Å². The smallest absolute Gasteiger partial charge is 0.393 e. The Bertz CT molecular complexity index is 293. The van der Waals surface area contributed by atoms with E-state index >= 15 is 0 Å². The van der Waals surface area contributed by atoms with Crippen molar-refractivity contribution >= 4 is 18.6 Å². The van der Waals surface area contributed by atoms with Crippen LogP contribution in [0.1, 0.15) is 32.6 Å². The summed E-state index contributed by atoms with van der Waals surface area (Å²) in [4.78, 5) is 21.7. The summed E-state index contributed by atoms with van der Waals surface area (Å²) in [6, 6.07) is -0.935. The summed E-state index contributed by atoms with van der Waals surface area (Å²) in [6.45, 7) is -2.31. The van der Waals surface area contributed by atoms with Gasteiger partial charge >= 0.3 is 12.7 Å². The van der Waals surface area contributed by atoms with Crippen LogP contribution in [0.4, 0.5) is 0 Å². The lowest BCUT2D eigenvalue weighted by Gasteiger charge is -2.29. The molecule has 18 heavy (non-hydrogen) atoms. The van der Waals surface area contributed by atoms with Gasteiger partial charge in [0.05, 0.1) is 0 Å². The van der Waals surface area contributed by atoms with Gasteiger partial charge in [0, 0.05) is 6.42 Å². The molecule has 0 rings (SSSR count). The second-order valence-electron chi connectivity index (χ2n) is 4.34. The monoisotopic (exact) mass is 263 g/mol. The predicted molar refractivity (Wildman–Crippen MR) is 64.1 cm³/mol. The summed E-state index contributed by atoms with van der Waals surface area (Å²) in [5.41, 5.74) is 5.27. The third-order valence-corrected chi connectivity index (χ3v) is 2.55. The molecule has 0 aliphatic heterocycles. The SMILES string of the molecule is C[C@@H](NC(=O)CCCC[C@@H](N)C(=O)O)[B-](O)(O)O. The van der Waals surface area contributed by atoms with Crippen LogP contribution in [0.25, 0.3) is 0 Å². The first kappa shape index (κ1) is 16.8. The van der Waals surface area contributed by atoms with Gasteiger partial charge in [-0.3, -0.25) is 9.59 Å². The molecule has 0 aromatic heterocycles. The van der Waals surface area contributed by atoms with Gasteiger partial charge < -0.3 is 31.2 Å². The Labute approximate surface area is 105 Å². The Morgan fingerprint density at radius 2 is 1.83 bits per heavy atom. The molecule has 0 saturated heterocycles. The minimum atomic E-state index is -3.58. The van der Waals surface area contributed by atoms with E-state index < -0.39 is 30.6 Å². The Morgan fingerprint density at radius 1 is 1.28 bits per heavy atom. The van der Waals surface area contributed by atoms with E-state index in [1.807, 2.05) is 0 Å². The molecular weight excluding hydrogens is 243 g/mol. The fraction of sp³-hybridized carbons (Fsp3) is 0.778. The van der Waals surface area contributed by atoms with Gasteiger partial charge in [-0.25, -0.2) is 0 Å². The number of carbonyl (C=O) groups excluding carboxylic acids is 1. The molecule has 8 nitrogen and oxygen atoms in total. The van der Waals surface area contributed by atoms with Gasteiger partial charge in [0.2, 0.25) is 5.91 Å². The first-order valence-corrected chi connectivity index (χ1v) is 5.74. The minimum Gasteiger partial charge on any atom is -0.558 e. The van der Waals surface area contributed by atoms with Crippen molar-refractivity contribution in [3.05, 3.63) is 0 Å². The van der Waals surface area contributed by atoms with Crippen LogP contribution in [0.15, 0.2) is 0 Å². The van der Waals surface area contributed by atoms with E-state index in [0.717, 1.165) is 0 Å². The number of aliphatic carboxylic acids is 1. The average molecular weight is 263 g/mol. The summed E-state index contributed by atoms with van der Waals surface area (Å²) in [6.07, 6.45) is 1.28. The molecule has 0 aliphatic carbocycles. The van der Waals surface area contributed by atoms with Crippen LogP contribution in [-0.2, 0) is 9.59 Å². The summed E-state index contributed by atoms with van der Waals surface area (Å²) in [5, 5.41) is 37.2. The van der Waals surface area contributed by atoms with Crippen molar-refractivity contribution in [1.82, 2.24) is 5.32 Å². The molecule has 0 heterocycles. The highest BCUT2D eigenvalue weighted by Crippen LogP contribution is 2.04. The molecule has 106 valence electrons. The molecule has 0 aromatic rings. The number of amides is 1. The molecule has 0 aliphatic rings. The van der Waals surface area contributed by atoms with Gasteiger partial charge in [0.15, 0.2) is 0 Å². The van der Waals surface area contributed by atoms with Crippen molar-refractivity contribution in [2.24, 2.45) is 5.73 Å². The van der Waals surface area contributed by atoms with Crippen LogP contribution in [0.3, 0.4) is 0 Å². The number of carbonyl (C=O) groups is 2. The third-order valence-electron chi connectivity index (χ3n) is 2.55. The van der Waals surface area contributed by atoms with Crippen LogP contribution >= 0.6 is 0 Å². The highest BCUT2D eigenvalue weighted by molar-refractivity contribution is 6.58. The fourth-order valence-corrected chi connectivity index (χ4v) is 1.21. The van der Waals surface area contributed by atoms with Crippen molar-refractivity contribution in [2.75, 3.05) is 0 Å². The zero-order valence-electron chi connectivity index (χ0n) is 10.2. The number of nitrogens with two attached hydrogens (primary N) is 1. The topological polar surface area (TPSA) is 153 Å². The molecule has 0 aromatic carbocycles. The van der Waals surface area contributed by atoms with Gasteiger partial charge in [-0.05, 0) is 18.8 Å². The first-order valence-electron chi connectivity index (χ1n) is 5.74. The molecule has 1 amide bonds. The molecule has 7 N–H and O–H groups in total. The van der Waals surface area contributed by atoms with Crippen molar-refractivity contribution in [1.29, 1.82) is 0 Å². The second-order valence-corrected chi connectivity index (χ2v) is 4.34. The van der Waals surface area contributed by atoms with E-state index in [9.17, 15) is 9.59 Å². The average Bonchev–Trinajstić information content (AvgIpc) is 2.22. The number of carboxylic acids is 1. The molecule has 2 atom stereocenters. The van der Waals surface area contributed by atoms with Crippen molar-refractivity contribution in [2.45, 2.75) is 44.6 Å². The molecule has 0 radical (unpaired) electrons. The predicted octanol–water partition coefficient (Wildman–Crippen LogP) is -2.08. The largest absolute Gasteiger partial charge is 0.558 e. The lowest BCUT2D eigenvalue weighted by molar-refractivity contribution is -0.138. The van der Waals surface area contributed by atoms with E-state index in [4.69, 9.17) is 25.9 Å². The van der Waals surface area contributed by atoms with Gasteiger partial charge in [-0.2, -0.15) is 0 Å². The zero-order valence-corrected chi connectivity index (χ0v) is 10.2. The Kier molecular flexibility index (Phi) is 6.85. The number of hydrogen-bond acceptors (Lipinski definition) is 6. The van der Waals surface area contributed by atoms with E-state index in [1.54, 1.807) is 0 Å². The maximum Gasteiger partial charge on any atom is 0.393 e. The van der Waals surface area contributed by atoms with Crippen LogP contribution in [0.5, 0.6) is 0 Å². The lowest BCUT2D eigenvalue weighted by Crippen LogP contribution is -2.56. The van der Waals surface area contributed by atoms with E-state index in [-0.39, 0.29) is 12.8 Å². The molecule has 0 saturated carbocycles. The van der Waals surface area contributed by atoms with Crippen molar-refractivity contribution in [3.63, 3.8) is 0 Å².